The van der Waals surface area contributed by atoms with Gasteiger partial charge in [-0.15, -0.1) is 0 Å². The Bertz CT molecular complexity index is 1140. The summed E-state index contributed by atoms with van der Waals surface area (Å²) in [6.45, 7) is -1.91. The van der Waals surface area contributed by atoms with Crippen molar-refractivity contribution in [2.45, 2.75) is 49.0 Å². The zero-order valence-electron chi connectivity index (χ0n) is 19.9. The molecule has 18 nitrogen and oxygen atoms in total. The number of ether oxygens (including phenoxy) is 2. The van der Waals surface area contributed by atoms with Crippen LogP contribution in [0.5, 0.6) is 5.88 Å². The van der Waals surface area contributed by atoms with Crippen molar-refractivity contribution in [3.05, 3.63) is 34.3 Å². The molecule has 0 amide bonds. The molecule has 0 aromatic carbocycles. The quantitative estimate of drug-likeness (QED) is 0.107. The number of aromatic nitrogens is 2. The van der Waals surface area contributed by atoms with Crippen molar-refractivity contribution in [3.63, 3.8) is 0 Å². The normalized spacial score (nSPS) is 35.3. The van der Waals surface area contributed by atoms with E-state index >= 15 is 0 Å². The van der Waals surface area contributed by atoms with Gasteiger partial charge >= 0.3 is 72.6 Å². The molecule has 2 fully saturated rings. The van der Waals surface area contributed by atoms with Crippen molar-refractivity contribution in [1.29, 1.82) is 0 Å². The molecule has 204 valence electrons. The van der Waals surface area contributed by atoms with E-state index in [2.05, 4.69) is 13.8 Å². The molecule has 0 radical (unpaired) electrons. The Morgan fingerprint density at radius 3 is 2.26 bits per heavy atom. The van der Waals surface area contributed by atoms with Crippen LogP contribution in [-0.2, 0) is 27.4 Å². The molecule has 3 rings (SSSR count). The zero-order valence-corrected chi connectivity index (χ0v) is 25.6. The Balaban J connectivity index is 0.00000361. The van der Waals surface area contributed by atoms with Crippen molar-refractivity contribution in [2.75, 3.05) is 13.2 Å². The maximum atomic E-state index is 12.2. The third-order valence-corrected chi connectivity index (χ3v) is 7.92. The number of aliphatic hydroxyl groups excluding tert-OH is 6. The molecule has 7 N–H and O–H groups in total. The molecule has 2 unspecified atom stereocenters. The van der Waals surface area contributed by atoms with E-state index in [0.29, 0.717) is 4.57 Å². The van der Waals surface area contributed by atoms with Crippen molar-refractivity contribution in [3.8, 4) is 5.88 Å². The molecule has 10 atom stereocenters. The molecule has 2 aliphatic rings. The van der Waals surface area contributed by atoms with Gasteiger partial charge in [0.05, 0.1) is 13.2 Å². The Morgan fingerprint density at radius 1 is 1.08 bits per heavy atom. The second-order valence-electron chi connectivity index (χ2n) is 7.68. The van der Waals surface area contributed by atoms with Crippen LogP contribution in [0.3, 0.4) is 0 Å². The van der Waals surface area contributed by atoms with Crippen LogP contribution in [0.1, 0.15) is 6.23 Å². The molecule has 1 aromatic rings. The summed E-state index contributed by atoms with van der Waals surface area (Å²) in [6.07, 6.45) is -13.2. The van der Waals surface area contributed by atoms with Gasteiger partial charge in [0.15, 0.2) is 13.8 Å². The summed E-state index contributed by atoms with van der Waals surface area (Å²) in [7, 11) is -11.0. The summed E-state index contributed by atoms with van der Waals surface area (Å²) in [5.41, 5.74) is -1.12. The Kier molecular flexibility index (Phi) is 13.8. The maximum absolute atomic E-state index is 12.2. The van der Waals surface area contributed by atoms with Crippen LogP contribution in [0.15, 0.2) is 28.6 Å². The maximum Gasteiger partial charge on any atom is 1.00 e. The summed E-state index contributed by atoms with van der Waals surface area (Å²) in [6, 6.07) is 0.874. The van der Waals surface area contributed by atoms with Crippen LogP contribution < -0.4 is 74.8 Å². The zero-order chi connectivity index (χ0) is 27.0. The molecule has 2 saturated heterocycles. The first-order valence-electron chi connectivity index (χ1n) is 9.97. The summed E-state index contributed by atoms with van der Waals surface area (Å²) in [5.74, 6) is -1.74. The van der Waals surface area contributed by atoms with E-state index in [4.69, 9.17) is 14.6 Å². The van der Waals surface area contributed by atoms with Gasteiger partial charge in [-0.2, -0.15) is 0 Å². The molecule has 3 heterocycles. The van der Waals surface area contributed by atoms with Gasteiger partial charge in [0, 0.05) is 12.0 Å². The predicted molar refractivity (Wildman–Crippen MR) is 106 cm³/mol. The third-order valence-electron chi connectivity index (χ3n) is 5.13. The van der Waals surface area contributed by atoms with Crippen LogP contribution >= 0.6 is 15.4 Å². The van der Waals surface area contributed by atoms with E-state index < -0.39 is 94.9 Å². The molecule has 1 aromatic heterocycles. The van der Waals surface area contributed by atoms with Crippen molar-refractivity contribution in [2.24, 2.45) is 0 Å². The summed E-state index contributed by atoms with van der Waals surface area (Å²) < 4.78 is 43.7. The molecular formula is C16H22N2Na2O16P2. The second-order valence-corrected chi connectivity index (χ2v) is 10.9. The fraction of sp³-hybridized carbons (Fsp3) is 0.625. The standard InChI is InChI=1S/C16H24N2O16P2.2Na/c19-3-6-10(21)13(24)12(23)8(32-6)5-35(27,28)34-36(29,30)31-4-7-11(22)14(25)15(33-7)18-2-1-9(20)17-16(18)26;;/h1-2,5-7,10-15,19,21-25H,3-4H2,(H,27,28)(H,29,30)(H,17,20,26);;/q;2*+1/p-2/b8-5-;;/t6-,7-,10-,11-,12-,13+,14-,15-;;/m1../s1. The minimum atomic E-state index is -5.51. The fourth-order valence-electron chi connectivity index (χ4n) is 3.34. The SMILES string of the molecule is O=c1nc([O-])ccn1[C@@H]1O[C@H](COP(=O)(O)OP(=O)([O-])/C=C2\O[C@H](CO)[C@@H](O)[C@H](O)[C@@H]2O)[C@@H](O)[C@H]1O.[Na+].[Na+]. The molecular weight excluding hydrogens is 584 g/mol. The molecule has 2 aliphatic heterocycles. The molecule has 0 saturated carbocycles. The third kappa shape index (κ3) is 8.62. The number of phosphoric acid groups is 1. The van der Waals surface area contributed by atoms with Crippen molar-refractivity contribution < 1.29 is 132 Å². The number of rotatable bonds is 8. The van der Waals surface area contributed by atoms with Gasteiger partial charge in [0.1, 0.15) is 48.5 Å². The molecule has 0 spiro atoms. The monoisotopic (exact) mass is 606 g/mol. The Morgan fingerprint density at radius 2 is 1.68 bits per heavy atom. The van der Waals surface area contributed by atoms with Crippen molar-refractivity contribution in [1.82, 2.24) is 9.55 Å². The number of hydrogen-bond donors (Lipinski definition) is 7. The predicted octanol–water partition coefficient (Wildman–Crippen LogP) is -11.1. The van der Waals surface area contributed by atoms with E-state index in [1.165, 1.54) is 0 Å². The van der Waals surface area contributed by atoms with E-state index in [-0.39, 0.29) is 64.9 Å². The van der Waals surface area contributed by atoms with Crippen molar-refractivity contribution >= 4 is 15.4 Å². The van der Waals surface area contributed by atoms with Crippen LogP contribution in [-0.4, -0.2) is 101 Å². The summed E-state index contributed by atoms with van der Waals surface area (Å²) in [5, 5.41) is 69.7. The minimum absolute atomic E-state index is 0. The number of phosphoric ester groups is 1. The molecule has 22 heteroatoms. The van der Waals surface area contributed by atoms with Gasteiger partial charge in [-0.25, -0.2) is 18.7 Å². The van der Waals surface area contributed by atoms with Gasteiger partial charge in [-0.05, 0) is 11.9 Å². The van der Waals surface area contributed by atoms with E-state index in [1.54, 1.807) is 0 Å². The number of aliphatic hydroxyl groups is 6. The largest absolute Gasteiger partial charge is 1.00 e. The minimum Gasteiger partial charge on any atom is -0.858 e. The van der Waals surface area contributed by atoms with E-state index in [9.17, 15) is 54.4 Å². The Labute approximate surface area is 257 Å². The van der Waals surface area contributed by atoms with Crippen LogP contribution in [0.4, 0.5) is 0 Å². The van der Waals surface area contributed by atoms with Gasteiger partial charge < -0.3 is 59.6 Å². The first kappa shape index (κ1) is 36.3. The van der Waals surface area contributed by atoms with E-state index in [0.717, 1.165) is 12.3 Å². The van der Waals surface area contributed by atoms with E-state index in [1.807, 2.05) is 0 Å². The fourth-order valence-corrected chi connectivity index (χ4v) is 5.73. The average Bonchev–Trinajstić information content (AvgIpc) is 3.06. The number of hydrogen-bond acceptors (Lipinski definition) is 16. The van der Waals surface area contributed by atoms with Gasteiger partial charge in [0.25, 0.3) is 0 Å². The van der Waals surface area contributed by atoms with Crippen LogP contribution in [0.25, 0.3) is 0 Å². The van der Waals surface area contributed by atoms with Gasteiger partial charge in [-0.3, -0.25) is 9.09 Å². The summed E-state index contributed by atoms with van der Waals surface area (Å²) in [4.78, 5) is 36.9. The van der Waals surface area contributed by atoms with Gasteiger partial charge in [-0.1, -0.05) is 0 Å². The smallest absolute Gasteiger partial charge is 0.858 e. The topological polar surface area (TPSA) is 294 Å². The molecule has 38 heavy (non-hydrogen) atoms. The summed E-state index contributed by atoms with van der Waals surface area (Å²) >= 11 is 0. The van der Waals surface area contributed by atoms with Crippen LogP contribution in [0.2, 0.25) is 0 Å². The Hall–Kier alpha value is 0.240. The molecule has 0 bridgehead atoms. The average molecular weight is 606 g/mol. The first-order chi connectivity index (χ1) is 16.7. The number of nitrogens with zero attached hydrogens (tertiary/aromatic N) is 2. The first-order valence-corrected chi connectivity index (χ1v) is 13.1. The van der Waals surface area contributed by atoms with Gasteiger partial charge in [0.2, 0.25) is 0 Å². The molecule has 0 aliphatic carbocycles. The van der Waals surface area contributed by atoms with Crippen LogP contribution in [0, 0.1) is 0 Å². The second kappa shape index (κ2) is 14.4.